The molecule has 27 heavy (non-hydrogen) atoms. The normalized spacial score (nSPS) is 26.1. The number of hydrogen-bond acceptors (Lipinski definition) is 2. The summed E-state index contributed by atoms with van der Waals surface area (Å²) in [4.78, 5) is 0. The van der Waals surface area contributed by atoms with E-state index in [4.69, 9.17) is 9.47 Å². The molecule has 5 unspecified atom stereocenters. The molecule has 2 nitrogen and oxygen atoms in total. The standard InChI is InChI=1S/C25H32O2/c1-3-18(2)21-11-13-23(14-12-21)26-25(17-19-7-5-4-6-8-19)27-24-16-20-9-10-22(24)15-20/h4-8,11-14,18,20,22,24-25H,3,9-10,15-17H2,1-2H3. The van der Waals surface area contributed by atoms with Crippen LogP contribution in [0.15, 0.2) is 54.6 Å². The topological polar surface area (TPSA) is 18.5 Å². The maximum atomic E-state index is 6.53. The summed E-state index contributed by atoms with van der Waals surface area (Å²) >= 11 is 0. The Morgan fingerprint density at radius 1 is 0.963 bits per heavy atom. The molecule has 2 heteroatoms. The maximum absolute atomic E-state index is 6.53. The molecule has 2 aliphatic carbocycles. The Kier molecular flexibility index (Phi) is 5.83. The monoisotopic (exact) mass is 364 g/mol. The van der Waals surface area contributed by atoms with Gasteiger partial charge in [0.1, 0.15) is 5.75 Å². The van der Waals surface area contributed by atoms with Crippen molar-refractivity contribution in [1.29, 1.82) is 0 Å². The fourth-order valence-corrected chi connectivity index (χ4v) is 4.73. The lowest BCUT2D eigenvalue weighted by atomic mass is 9.97. The Hall–Kier alpha value is -1.80. The first kappa shape index (κ1) is 18.6. The molecule has 2 saturated carbocycles. The fraction of sp³-hybridized carbons (Fsp3) is 0.520. The zero-order valence-corrected chi connectivity index (χ0v) is 16.6. The predicted octanol–water partition coefficient (Wildman–Crippen LogP) is 6.35. The Morgan fingerprint density at radius 3 is 2.37 bits per heavy atom. The Morgan fingerprint density at radius 2 is 1.74 bits per heavy atom. The van der Waals surface area contributed by atoms with Crippen molar-refractivity contribution in [2.24, 2.45) is 11.8 Å². The van der Waals surface area contributed by atoms with Gasteiger partial charge < -0.3 is 9.47 Å². The van der Waals surface area contributed by atoms with Gasteiger partial charge in [-0.25, -0.2) is 0 Å². The zero-order valence-electron chi connectivity index (χ0n) is 16.6. The molecule has 0 N–H and O–H groups in total. The lowest BCUT2D eigenvalue weighted by Gasteiger charge is -2.28. The first-order valence-corrected chi connectivity index (χ1v) is 10.7. The first-order chi connectivity index (χ1) is 13.2. The van der Waals surface area contributed by atoms with Crippen LogP contribution in [0.3, 0.4) is 0 Å². The second-order valence-corrected chi connectivity index (χ2v) is 8.46. The lowest BCUT2D eigenvalue weighted by Crippen LogP contribution is -2.32. The summed E-state index contributed by atoms with van der Waals surface area (Å²) < 4.78 is 12.9. The third kappa shape index (κ3) is 4.55. The van der Waals surface area contributed by atoms with Gasteiger partial charge in [0.15, 0.2) is 0 Å². The van der Waals surface area contributed by atoms with E-state index >= 15 is 0 Å². The smallest absolute Gasteiger partial charge is 0.204 e. The molecule has 4 rings (SSSR count). The van der Waals surface area contributed by atoms with Gasteiger partial charge in [0.05, 0.1) is 6.10 Å². The van der Waals surface area contributed by atoms with Crippen LogP contribution < -0.4 is 4.74 Å². The lowest BCUT2D eigenvalue weighted by molar-refractivity contribution is -0.132. The summed E-state index contributed by atoms with van der Waals surface area (Å²) in [5, 5.41) is 0. The minimum absolute atomic E-state index is 0.216. The van der Waals surface area contributed by atoms with Gasteiger partial charge in [0.25, 0.3) is 0 Å². The summed E-state index contributed by atoms with van der Waals surface area (Å²) in [5.41, 5.74) is 2.64. The van der Waals surface area contributed by atoms with Crippen LogP contribution in [0.2, 0.25) is 0 Å². The molecule has 0 amide bonds. The van der Waals surface area contributed by atoms with E-state index in [-0.39, 0.29) is 6.29 Å². The van der Waals surface area contributed by atoms with Crippen LogP contribution in [-0.4, -0.2) is 12.4 Å². The summed E-state index contributed by atoms with van der Waals surface area (Å²) in [7, 11) is 0. The summed E-state index contributed by atoms with van der Waals surface area (Å²) in [6.45, 7) is 4.50. The van der Waals surface area contributed by atoms with Gasteiger partial charge in [-0.2, -0.15) is 0 Å². The molecule has 5 atom stereocenters. The van der Waals surface area contributed by atoms with Crippen LogP contribution in [0.1, 0.15) is 63.0 Å². The molecule has 0 radical (unpaired) electrons. The van der Waals surface area contributed by atoms with E-state index in [1.165, 1.54) is 36.8 Å². The highest BCUT2D eigenvalue weighted by Crippen LogP contribution is 2.46. The van der Waals surface area contributed by atoms with Crippen LogP contribution in [-0.2, 0) is 11.2 Å². The van der Waals surface area contributed by atoms with Crippen molar-refractivity contribution >= 4 is 0 Å². The van der Waals surface area contributed by atoms with Crippen molar-refractivity contribution in [3.63, 3.8) is 0 Å². The number of benzene rings is 2. The fourth-order valence-electron chi connectivity index (χ4n) is 4.73. The van der Waals surface area contributed by atoms with Gasteiger partial charge in [0, 0.05) is 6.42 Å². The Balaban J connectivity index is 1.45. The molecule has 0 aliphatic heterocycles. The van der Waals surface area contributed by atoms with Crippen molar-refractivity contribution in [1.82, 2.24) is 0 Å². The van der Waals surface area contributed by atoms with Gasteiger partial charge in [-0.3, -0.25) is 0 Å². The SMILES string of the molecule is CCC(C)c1ccc(OC(Cc2ccccc2)OC2CC3CCC2C3)cc1. The van der Waals surface area contributed by atoms with Crippen LogP contribution in [0.5, 0.6) is 5.75 Å². The summed E-state index contributed by atoms with van der Waals surface area (Å²) in [6.07, 6.45) is 7.40. The number of fused-ring (bicyclic) bond motifs is 2. The Labute approximate surface area is 163 Å². The van der Waals surface area contributed by atoms with Crippen LogP contribution in [0.4, 0.5) is 0 Å². The molecule has 0 spiro atoms. The molecule has 2 aromatic rings. The maximum Gasteiger partial charge on any atom is 0.204 e. The summed E-state index contributed by atoms with van der Waals surface area (Å²) in [5.74, 6) is 3.12. The highest BCUT2D eigenvalue weighted by Gasteiger charge is 2.41. The van der Waals surface area contributed by atoms with Gasteiger partial charge in [-0.1, -0.05) is 56.3 Å². The van der Waals surface area contributed by atoms with Gasteiger partial charge in [-0.15, -0.1) is 0 Å². The van der Waals surface area contributed by atoms with Crippen molar-refractivity contribution in [2.75, 3.05) is 0 Å². The number of rotatable bonds is 8. The largest absolute Gasteiger partial charge is 0.465 e. The second-order valence-electron chi connectivity index (χ2n) is 8.46. The van der Waals surface area contributed by atoms with E-state index < -0.39 is 0 Å². The third-order valence-electron chi connectivity index (χ3n) is 6.57. The van der Waals surface area contributed by atoms with Crippen molar-refractivity contribution in [3.05, 3.63) is 65.7 Å². The highest BCUT2D eigenvalue weighted by atomic mass is 16.7. The molecule has 0 aromatic heterocycles. The highest BCUT2D eigenvalue weighted by molar-refractivity contribution is 5.29. The van der Waals surface area contributed by atoms with Gasteiger partial charge in [-0.05, 0) is 73.1 Å². The van der Waals surface area contributed by atoms with E-state index in [0.717, 1.165) is 30.4 Å². The average Bonchev–Trinajstić information content (AvgIpc) is 3.32. The molecule has 0 heterocycles. The quantitative estimate of drug-likeness (QED) is 0.508. The predicted molar refractivity (Wildman–Crippen MR) is 110 cm³/mol. The molecule has 144 valence electrons. The van der Waals surface area contributed by atoms with E-state index in [2.05, 4.69) is 68.4 Å². The summed E-state index contributed by atoms with van der Waals surface area (Å²) in [6, 6.07) is 19.1. The first-order valence-electron chi connectivity index (χ1n) is 10.7. The van der Waals surface area contributed by atoms with Gasteiger partial charge >= 0.3 is 0 Å². The van der Waals surface area contributed by atoms with Crippen LogP contribution >= 0.6 is 0 Å². The van der Waals surface area contributed by atoms with E-state index in [1.54, 1.807) is 0 Å². The van der Waals surface area contributed by atoms with Crippen LogP contribution in [0.25, 0.3) is 0 Å². The molecule has 0 saturated heterocycles. The van der Waals surface area contributed by atoms with Crippen molar-refractivity contribution in [2.45, 2.75) is 70.7 Å². The average molecular weight is 365 g/mol. The minimum Gasteiger partial charge on any atom is -0.465 e. The van der Waals surface area contributed by atoms with Crippen molar-refractivity contribution < 1.29 is 9.47 Å². The molecule has 2 aliphatic rings. The minimum atomic E-state index is -0.216. The van der Waals surface area contributed by atoms with Gasteiger partial charge in [0.2, 0.25) is 6.29 Å². The molecular weight excluding hydrogens is 332 g/mol. The van der Waals surface area contributed by atoms with E-state index in [0.29, 0.717) is 12.0 Å². The molecule has 2 bridgehead atoms. The van der Waals surface area contributed by atoms with E-state index in [9.17, 15) is 0 Å². The molecule has 2 aromatic carbocycles. The zero-order chi connectivity index (χ0) is 18.6. The number of hydrogen-bond donors (Lipinski definition) is 0. The molecule has 2 fully saturated rings. The second kappa shape index (κ2) is 8.48. The Bertz CT molecular complexity index is 709. The van der Waals surface area contributed by atoms with Crippen LogP contribution in [0, 0.1) is 11.8 Å². The molecular formula is C25H32O2. The van der Waals surface area contributed by atoms with Crippen molar-refractivity contribution in [3.8, 4) is 5.75 Å². The number of ether oxygens (including phenoxy) is 2. The third-order valence-corrected chi connectivity index (χ3v) is 6.57. The van der Waals surface area contributed by atoms with E-state index in [1.807, 2.05) is 0 Å².